The number of carboxylic acids is 1. The van der Waals surface area contributed by atoms with Crippen molar-refractivity contribution in [3.63, 3.8) is 0 Å². The summed E-state index contributed by atoms with van der Waals surface area (Å²) in [6.07, 6.45) is 0.381. The molecule has 68 valence electrons. The molecule has 0 aliphatic rings. The fourth-order valence-electron chi connectivity index (χ4n) is 1.02. The molecular weight excluding hydrogens is 170 g/mol. The molecule has 0 aliphatic carbocycles. The minimum atomic E-state index is -1.07. The Labute approximate surface area is 75.2 Å². The highest BCUT2D eigenvalue weighted by atomic mass is 16.4. The number of rotatable bonds is 4. The second-order valence-corrected chi connectivity index (χ2v) is 2.47. The third kappa shape index (κ3) is 2.30. The van der Waals surface area contributed by atoms with Crippen LogP contribution in [-0.4, -0.2) is 17.5 Å². The zero-order valence-corrected chi connectivity index (χ0v) is 6.81. The average Bonchev–Trinajstić information content (AvgIpc) is 2.15. The molecule has 0 aliphatic heterocycles. The summed E-state index contributed by atoms with van der Waals surface area (Å²) in [5.74, 6) is -1.07. The van der Waals surface area contributed by atoms with E-state index in [1.165, 1.54) is 0 Å². The molecule has 13 heavy (non-hydrogen) atoms. The fourth-order valence-corrected chi connectivity index (χ4v) is 1.02. The van der Waals surface area contributed by atoms with Gasteiger partial charge >= 0.3 is 5.97 Å². The topological polar surface area (TPSA) is 66.4 Å². The molecule has 0 saturated heterocycles. The predicted molar refractivity (Wildman–Crippen MR) is 46.0 cm³/mol. The van der Waals surface area contributed by atoms with Gasteiger partial charge in [-0.2, -0.15) is 0 Å². The number of amides is 1. The Bertz CT molecular complexity index is 297. The van der Waals surface area contributed by atoms with Gasteiger partial charge in [-0.05, 0) is 5.56 Å². The van der Waals surface area contributed by atoms with E-state index in [0.29, 0.717) is 12.0 Å². The summed E-state index contributed by atoms with van der Waals surface area (Å²) in [7, 11) is 0. The fraction of sp³-hybridized carbons (Fsp3) is 0.111. The Morgan fingerprint density at radius 1 is 1.38 bits per heavy atom. The van der Waals surface area contributed by atoms with Crippen molar-refractivity contribution in [3.8, 4) is 0 Å². The van der Waals surface area contributed by atoms with Crippen molar-refractivity contribution in [3.05, 3.63) is 35.9 Å². The molecule has 1 rings (SSSR count). The minimum absolute atomic E-state index is 0.381. The Morgan fingerprint density at radius 3 is 2.46 bits per heavy atom. The molecule has 0 bridgehead atoms. The van der Waals surface area contributed by atoms with Gasteiger partial charge in [-0.25, -0.2) is 4.79 Å². The van der Waals surface area contributed by atoms with Crippen LogP contribution in [0, 0.1) is 0 Å². The lowest BCUT2D eigenvalue weighted by Gasteiger charge is -2.10. The lowest BCUT2D eigenvalue weighted by atomic mass is 10.1. The van der Waals surface area contributed by atoms with Crippen LogP contribution >= 0.6 is 0 Å². The quantitative estimate of drug-likeness (QED) is 0.663. The minimum Gasteiger partial charge on any atom is -0.479 e. The van der Waals surface area contributed by atoms with Crippen molar-refractivity contribution in [2.45, 2.75) is 6.04 Å². The first-order chi connectivity index (χ1) is 6.25. The monoisotopic (exact) mass is 179 g/mol. The number of carbonyl (C=O) groups is 2. The van der Waals surface area contributed by atoms with Crippen molar-refractivity contribution in [2.75, 3.05) is 0 Å². The molecule has 0 heterocycles. The average molecular weight is 179 g/mol. The molecule has 4 nitrogen and oxygen atoms in total. The van der Waals surface area contributed by atoms with Crippen molar-refractivity contribution < 1.29 is 14.7 Å². The van der Waals surface area contributed by atoms with Crippen LogP contribution in [0.1, 0.15) is 11.6 Å². The van der Waals surface area contributed by atoms with Crippen LogP contribution in [-0.2, 0) is 9.59 Å². The van der Waals surface area contributed by atoms with E-state index in [0.717, 1.165) is 0 Å². The van der Waals surface area contributed by atoms with Gasteiger partial charge in [0.25, 0.3) is 0 Å². The van der Waals surface area contributed by atoms with Crippen LogP contribution in [0.4, 0.5) is 0 Å². The van der Waals surface area contributed by atoms with Gasteiger partial charge in [0.15, 0.2) is 6.04 Å². The Kier molecular flexibility index (Phi) is 3.03. The van der Waals surface area contributed by atoms with Gasteiger partial charge in [0, 0.05) is 0 Å². The largest absolute Gasteiger partial charge is 0.479 e. The first kappa shape index (κ1) is 9.25. The molecule has 1 atom stereocenters. The first-order valence-corrected chi connectivity index (χ1v) is 3.73. The molecule has 0 saturated carbocycles. The smallest absolute Gasteiger partial charge is 0.330 e. The summed E-state index contributed by atoms with van der Waals surface area (Å²) >= 11 is 0. The highest BCUT2D eigenvalue weighted by molar-refractivity contribution is 5.78. The number of carboxylic acid groups (broad SMARTS) is 1. The summed E-state index contributed by atoms with van der Waals surface area (Å²) in [5.41, 5.74) is 0.558. The molecule has 0 aromatic heterocycles. The Hall–Kier alpha value is -1.84. The SMILES string of the molecule is O=CNC(C(=O)O)c1ccccc1. The Balaban J connectivity index is 2.88. The van der Waals surface area contributed by atoms with Crippen molar-refractivity contribution in [1.82, 2.24) is 5.32 Å². The maximum Gasteiger partial charge on any atom is 0.330 e. The zero-order chi connectivity index (χ0) is 9.68. The van der Waals surface area contributed by atoms with Crippen LogP contribution < -0.4 is 5.32 Å². The van der Waals surface area contributed by atoms with E-state index in [1.54, 1.807) is 30.3 Å². The molecule has 4 heteroatoms. The van der Waals surface area contributed by atoms with Crippen LogP contribution in [0.15, 0.2) is 30.3 Å². The third-order valence-electron chi connectivity index (χ3n) is 1.61. The standard InChI is InChI=1S/C9H9NO3/c11-6-10-8(9(12)13)7-4-2-1-3-5-7/h1-6,8H,(H,10,11)(H,12,13). The van der Waals surface area contributed by atoms with Crippen molar-refractivity contribution in [1.29, 1.82) is 0 Å². The van der Waals surface area contributed by atoms with E-state index in [4.69, 9.17) is 5.11 Å². The van der Waals surface area contributed by atoms with E-state index >= 15 is 0 Å². The van der Waals surface area contributed by atoms with E-state index in [-0.39, 0.29) is 0 Å². The summed E-state index contributed by atoms with van der Waals surface area (Å²) in [6.45, 7) is 0. The van der Waals surface area contributed by atoms with Crippen LogP contribution in [0.3, 0.4) is 0 Å². The van der Waals surface area contributed by atoms with Crippen LogP contribution in [0.2, 0.25) is 0 Å². The highest BCUT2D eigenvalue weighted by Gasteiger charge is 2.17. The van der Waals surface area contributed by atoms with Gasteiger partial charge < -0.3 is 10.4 Å². The van der Waals surface area contributed by atoms with Gasteiger partial charge in [0.1, 0.15) is 0 Å². The molecule has 0 radical (unpaired) electrons. The molecule has 1 aromatic rings. The molecule has 0 fully saturated rings. The van der Waals surface area contributed by atoms with Crippen molar-refractivity contribution in [2.24, 2.45) is 0 Å². The summed E-state index contributed by atoms with van der Waals surface area (Å²) in [5, 5.41) is 11.0. The van der Waals surface area contributed by atoms with Gasteiger partial charge in [-0.3, -0.25) is 4.79 Å². The number of benzene rings is 1. The molecule has 1 amide bonds. The highest BCUT2D eigenvalue weighted by Crippen LogP contribution is 2.11. The van der Waals surface area contributed by atoms with Gasteiger partial charge in [-0.15, -0.1) is 0 Å². The maximum absolute atomic E-state index is 10.7. The number of aliphatic carboxylic acids is 1. The van der Waals surface area contributed by atoms with E-state index in [9.17, 15) is 9.59 Å². The summed E-state index contributed by atoms with van der Waals surface area (Å²) in [4.78, 5) is 20.8. The van der Waals surface area contributed by atoms with Crippen LogP contribution in [0.25, 0.3) is 0 Å². The third-order valence-corrected chi connectivity index (χ3v) is 1.61. The predicted octanol–water partition coefficient (Wildman–Crippen LogP) is 0.558. The number of hydrogen-bond donors (Lipinski definition) is 2. The molecular formula is C9H9NO3. The van der Waals surface area contributed by atoms with Crippen molar-refractivity contribution >= 4 is 12.4 Å². The molecule has 0 spiro atoms. The Morgan fingerprint density at radius 2 is 2.00 bits per heavy atom. The summed E-state index contributed by atoms with van der Waals surface area (Å²) in [6, 6.07) is 7.56. The lowest BCUT2D eigenvalue weighted by molar-refractivity contribution is -0.140. The normalized spacial score (nSPS) is 11.7. The van der Waals surface area contributed by atoms with E-state index < -0.39 is 12.0 Å². The molecule has 2 N–H and O–H groups in total. The van der Waals surface area contributed by atoms with Gasteiger partial charge in [0.05, 0.1) is 0 Å². The van der Waals surface area contributed by atoms with E-state index in [1.807, 2.05) is 0 Å². The van der Waals surface area contributed by atoms with Gasteiger partial charge in [0.2, 0.25) is 6.41 Å². The number of carbonyl (C=O) groups excluding carboxylic acids is 1. The molecule has 1 aromatic carbocycles. The molecule has 1 unspecified atom stereocenters. The van der Waals surface area contributed by atoms with Gasteiger partial charge in [-0.1, -0.05) is 30.3 Å². The lowest BCUT2D eigenvalue weighted by Crippen LogP contribution is -2.27. The second kappa shape index (κ2) is 4.25. The van der Waals surface area contributed by atoms with E-state index in [2.05, 4.69) is 5.32 Å². The maximum atomic E-state index is 10.7. The first-order valence-electron chi connectivity index (χ1n) is 3.73. The summed E-state index contributed by atoms with van der Waals surface area (Å²) < 4.78 is 0. The van der Waals surface area contributed by atoms with Crippen LogP contribution in [0.5, 0.6) is 0 Å². The number of hydrogen-bond acceptors (Lipinski definition) is 2. The zero-order valence-electron chi connectivity index (χ0n) is 6.81. The second-order valence-electron chi connectivity index (χ2n) is 2.47. The number of nitrogens with one attached hydrogen (secondary N) is 1.